The molecule has 2 rings (SSSR count). The molecule has 0 bridgehead atoms. The highest BCUT2D eigenvalue weighted by atomic mass is 16.7. The topological polar surface area (TPSA) is 195 Å². The van der Waals surface area contributed by atoms with Crippen LogP contribution in [0.3, 0.4) is 0 Å². The van der Waals surface area contributed by atoms with Gasteiger partial charge >= 0.3 is 0 Å². The number of hydrogen-bond acceptors (Lipinski definition) is 11. The molecule has 11 heteroatoms. The third-order valence-electron chi connectivity index (χ3n) is 4.06. The van der Waals surface area contributed by atoms with Crippen LogP contribution in [0.2, 0.25) is 0 Å². The first-order valence-electron chi connectivity index (χ1n) is 7.15. The molecule has 0 saturated carbocycles. The van der Waals surface area contributed by atoms with Gasteiger partial charge in [-0.05, 0) is 0 Å². The zero-order valence-electron chi connectivity index (χ0n) is 12.1. The molecule has 2 heterocycles. The SMILES string of the molecule is N[C@H]1C(O)O[C@H](CO)[C@@H](O[C@@H]2O[C@H](CO)[C@@H](O)[C@H](O)[C@H]2O)[C@@H]1O. The number of hydrogen-bond donors (Lipinski definition) is 8. The fourth-order valence-electron chi connectivity index (χ4n) is 2.60. The van der Waals surface area contributed by atoms with Gasteiger partial charge in [-0.1, -0.05) is 0 Å². The summed E-state index contributed by atoms with van der Waals surface area (Å²) < 4.78 is 15.5. The van der Waals surface area contributed by atoms with E-state index in [2.05, 4.69) is 0 Å². The third kappa shape index (κ3) is 3.65. The number of ether oxygens (including phenoxy) is 3. The third-order valence-corrected chi connectivity index (χ3v) is 4.06. The zero-order chi connectivity index (χ0) is 17.3. The van der Waals surface area contributed by atoms with Crippen LogP contribution >= 0.6 is 0 Å². The molecular weight excluding hydrogens is 318 g/mol. The number of aliphatic hydroxyl groups is 7. The molecule has 0 radical (unpaired) electrons. The summed E-state index contributed by atoms with van der Waals surface area (Å²) in [5, 5.41) is 67.3. The molecule has 11 nitrogen and oxygen atoms in total. The first kappa shape index (κ1) is 18.9. The summed E-state index contributed by atoms with van der Waals surface area (Å²) in [6.07, 6.45) is -13.0. The van der Waals surface area contributed by atoms with Gasteiger partial charge in [0.1, 0.15) is 42.7 Å². The number of aliphatic hydroxyl groups excluding tert-OH is 7. The summed E-state index contributed by atoms with van der Waals surface area (Å²) >= 11 is 0. The van der Waals surface area contributed by atoms with Crippen molar-refractivity contribution in [3.8, 4) is 0 Å². The maximum atomic E-state index is 10.1. The van der Waals surface area contributed by atoms with E-state index in [-0.39, 0.29) is 0 Å². The molecule has 0 aromatic carbocycles. The fourth-order valence-corrected chi connectivity index (χ4v) is 2.60. The standard InChI is InChI=1S/C12H23NO10/c13-5-7(17)10(4(2-15)21-11(5)20)23-12-9(19)8(18)6(16)3(1-14)22-12/h3-12,14-20H,1-2,13H2/t3-,4-,5-,6-,7-,8+,9-,10-,11?,12+/m1/s1. The maximum Gasteiger partial charge on any atom is 0.187 e. The molecule has 10 atom stereocenters. The molecule has 2 aliphatic heterocycles. The number of rotatable bonds is 4. The predicted molar refractivity (Wildman–Crippen MR) is 70.6 cm³/mol. The Hall–Kier alpha value is -0.440. The van der Waals surface area contributed by atoms with E-state index in [4.69, 9.17) is 25.1 Å². The Labute approximate surface area is 131 Å². The van der Waals surface area contributed by atoms with E-state index in [1.54, 1.807) is 0 Å². The van der Waals surface area contributed by atoms with Crippen molar-refractivity contribution in [2.75, 3.05) is 13.2 Å². The zero-order valence-corrected chi connectivity index (χ0v) is 12.1. The first-order valence-corrected chi connectivity index (χ1v) is 7.15. The van der Waals surface area contributed by atoms with Crippen LogP contribution < -0.4 is 5.73 Å². The van der Waals surface area contributed by atoms with Crippen molar-refractivity contribution in [1.29, 1.82) is 0 Å². The molecule has 0 aromatic heterocycles. The Morgan fingerprint density at radius 1 is 0.783 bits per heavy atom. The van der Waals surface area contributed by atoms with E-state index >= 15 is 0 Å². The van der Waals surface area contributed by atoms with E-state index in [1.807, 2.05) is 0 Å². The molecule has 9 N–H and O–H groups in total. The van der Waals surface area contributed by atoms with Crippen LogP contribution in [0.1, 0.15) is 0 Å². The Morgan fingerprint density at radius 3 is 1.96 bits per heavy atom. The minimum Gasteiger partial charge on any atom is -0.394 e. The lowest BCUT2D eigenvalue weighted by molar-refractivity contribution is -0.344. The minimum absolute atomic E-state index is 0.622. The molecule has 0 aromatic rings. The van der Waals surface area contributed by atoms with Crippen LogP contribution in [-0.4, -0.2) is 110 Å². The highest BCUT2D eigenvalue weighted by Crippen LogP contribution is 2.27. The van der Waals surface area contributed by atoms with Crippen molar-refractivity contribution >= 4 is 0 Å². The summed E-state index contributed by atoms with van der Waals surface area (Å²) in [5.41, 5.74) is 5.55. The Bertz CT molecular complexity index is 383. The average Bonchev–Trinajstić information content (AvgIpc) is 2.55. The second-order valence-electron chi connectivity index (χ2n) is 5.61. The Morgan fingerprint density at radius 2 is 1.39 bits per heavy atom. The molecule has 23 heavy (non-hydrogen) atoms. The van der Waals surface area contributed by atoms with Crippen LogP contribution in [0.15, 0.2) is 0 Å². The van der Waals surface area contributed by atoms with Gasteiger partial charge in [-0.15, -0.1) is 0 Å². The summed E-state index contributed by atoms with van der Waals surface area (Å²) in [7, 11) is 0. The van der Waals surface area contributed by atoms with Crippen LogP contribution in [0, 0.1) is 0 Å². The molecule has 2 fully saturated rings. The largest absolute Gasteiger partial charge is 0.394 e. The lowest BCUT2D eigenvalue weighted by atomic mass is 9.96. The van der Waals surface area contributed by atoms with Gasteiger partial charge in [0.25, 0.3) is 0 Å². The van der Waals surface area contributed by atoms with Crippen LogP contribution in [0.5, 0.6) is 0 Å². The molecule has 2 aliphatic rings. The van der Waals surface area contributed by atoms with Gasteiger partial charge in [0.2, 0.25) is 0 Å². The van der Waals surface area contributed by atoms with E-state index < -0.39 is 74.6 Å². The summed E-state index contributed by atoms with van der Waals surface area (Å²) in [5.74, 6) is 0. The second-order valence-corrected chi connectivity index (χ2v) is 5.61. The van der Waals surface area contributed by atoms with Crippen molar-refractivity contribution < 1.29 is 50.0 Å². The molecular formula is C12H23NO10. The Kier molecular flexibility index (Phi) is 6.27. The monoisotopic (exact) mass is 341 g/mol. The molecule has 136 valence electrons. The average molecular weight is 341 g/mol. The highest BCUT2D eigenvalue weighted by molar-refractivity contribution is 4.94. The molecule has 2 saturated heterocycles. The van der Waals surface area contributed by atoms with E-state index in [9.17, 15) is 30.6 Å². The smallest absolute Gasteiger partial charge is 0.187 e. The van der Waals surface area contributed by atoms with Crippen molar-refractivity contribution in [3.05, 3.63) is 0 Å². The van der Waals surface area contributed by atoms with E-state index in [0.717, 1.165) is 0 Å². The first-order chi connectivity index (χ1) is 10.8. The molecule has 1 unspecified atom stereocenters. The van der Waals surface area contributed by atoms with Crippen LogP contribution in [0.4, 0.5) is 0 Å². The van der Waals surface area contributed by atoms with Crippen molar-refractivity contribution in [2.45, 2.75) is 61.3 Å². The van der Waals surface area contributed by atoms with Gasteiger partial charge in [0.15, 0.2) is 12.6 Å². The summed E-state index contributed by atoms with van der Waals surface area (Å²) in [6, 6.07) is -1.23. The van der Waals surface area contributed by atoms with Crippen molar-refractivity contribution in [1.82, 2.24) is 0 Å². The van der Waals surface area contributed by atoms with Crippen molar-refractivity contribution in [3.63, 3.8) is 0 Å². The lowest BCUT2D eigenvalue weighted by Gasteiger charge is -2.45. The van der Waals surface area contributed by atoms with Crippen molar-refractivity contribution in [2.24, 2.45) is 5.73 Å². The summed E-state index contributed by atoms with van der Waals surface area (Å²) in [6.45, 7) is -1.26. The predicted octanol–water partition coefficient (Wildman–Crippen LogP) is -5.43. The number of nitrogens with two attached hydrogens (primary N) is 1. The quantitative estimate of drug-likeness (QED) is 0.243. The van der Waals surface area contributed by atoms with Gasteiger partial charge in [-0.2, -0.15) is 0 Å². The maximum absolute atomic E-state index is 10.1. The van der Waals surface area contributed by atoms with Crippen LogP contribution in [0.25, 0.3) is 0 Å². The van der Waals surface area contributed by atoms with E-state index in [0.29, 0.717) is 0 Å². The van der Waals surface area contributed by atoms with Gasteiger partial charge in [0, 0.05) is 0 Å². The molecule has 0 amide bonds. The second kappa shape index (κ2) is 7.63. The van der Waals surface area contributed by atoms with Gasteiger partial charge < -0.3 is 55.7 Å². The van der Waals surface area contributed by atoms with E-state index in [1.165, 1.54) is 0 Å². The Balaban J connectivity index is 2.11. The minimum atomic E-state index is -1.68. The lowest BCUT2D eigenvalue weighted by Crippen LogP contribution is -2.66. The van der Waals surface area contributed by atoms with Gasteiger partial charge in [0.05, 0.1) is 19.3 Å². The molecule has 0 aliphatic carbocycles. The van der Waals surface area contributed by atoms with Gasteiger partial charge in [-0.25, -0.2) is 0 Å². The summed E-state index contributed by atoms with van der Waals surface area (Å²) in [4.78, 5) is 0. The van der Waals surface area contributed by atoms with Crippen LogP contribution in [-0.2, 0) is 14.2 Å². The normalized spacial score (nSPS) is 51.7. The molecule has 0 spiro atoms. The highest BCUT2D eigenvalue weighted by Gasteiger charge is 2.49. The fraction of sp³-hybridized carbons (Fsp3) is 1.00. The van der Waals surface area contributed by atoms with Gasteiger partial charge in [-0.3, -0.25) is 0 Å².